The monoisotopic (exact) mass is 225 g/mol. The molecule has 1 rings (SSSR count). The van der Waals surface area contributed by atoms with Crippen LogP contribution in [0.2, 0.25) is 0 Å². The summed E-state index contributed by atoms with van der Waals surface area (Å²) in [5.74, 6) is 0.248. The normalized spacial score (nSPS) is 9.62. The van der Waals surface area contributed by atoms with Crippen molar-refractivity contribution >= 4 is 11.8 Å². The number of nitrogens with zero attached hydrogens (tertiary/aromatic N) is 2. The molecule has 0 aliphatic carbocycles. The number of hydrogen-bond acceptors (Lipinski definition) is 5. The molecule has 86 valence electrons. The van der Waals surface area contributed by atoms with E-state index < -0.39 is 11.0 Å². The number of non-ortho nitro benzene ring substituents is 1. The fourth-order valence-corrected chi connectivity index (χ4v) is 0.896. The third-order valence-corrected chi connectivity index (χ3v) is 1.86. The van der Waals surface area contributed by atoms with Gasteiger partial charge in [-0.15, -0.1) is 0 Å². The van der Waals surface area contributed by atoms with Crippen molar-refractivity contribution in [2.24, 2.45) is 0 Å². The van der Waals surface area contributed by atoms with Crippen LogP contribution in [0.3, 0.4) is 0 Å². The van der Waals surface area contributed by atoms with Gasteiger partial charge >= 0.3 is 6.09 Å². The standard InChI is InChI=1S/C9H11N3O4/c1-10-11(2)9(13)16-8-5-3-7(4-6-8)12(14)15/h3-6,10H,1-2H3. The maximum atomic E-state index is 11.3. The molecule has 0 fully saturated rings. The zero-order valence-corrected chi connectivity index (χ0v) is 8.84. The Kier molecular flexibility index (Phi) is 3.78. The number of carbonyl (C=O) groups excluding carboxylic acids is 1. The minimum absolute atomic E-state index is 0.0539. The number of hydrazine groups is 1. The third-order valence-electron chi connectivity index (χ3n) is 1.86. The fraction of sp³-hybridized carbons (Fsp3) is 0.222. The van der Waals surface area contributed by atoms with Crippen molar-refractivity contribution < 1.29 is 14.5 Å². The smallest absolute Gasteiger partial charge is 0.409 e. The van der Waals surface area contributed by atoms with Gasteiger partial charge in [-0.3, -0.25) is 10.1 Å². The number of hydrogen-bond donors (Lipinski definition) is 1. The highest BCUT2D eigenvalue weighted by molar-refractivity contribution is 5.69. The molecule has 0 saturated carbocycles. The van der Waals surface area contributed by atoms with Gasteiger partial charge in [0, 0.05) is 26.2 Å². The Bertz CT molecular complexity index is 390. The molecule has 0 heterocycles. The van der Waals surface area contributed by atoms with Gasteiger partial charge in [-0.2, -0.15) is 0 Å². The van der Waals surface area contributed by atoms with Crippen molar-refractivity contribution in [3.05, 3.63) is 34.4 Å². The SMILES string of the molecule is CNN(C)C(=O)Oc1ccc([N+](=O)[O-])cc1. The molecule has 1 amide bonds. The summed E-state index contributed by atoms with van der Waals surface area (Å²) in [6.45, 7) is 0. The lowest BCUT2D eigenvalue weighted by molar-refractivity contribution is -0.384. The van der Waals surface area contributed by atoms with Gasteiger partial charge in [-0.1, -0.05) is 0 Å². The second-order valence-electron chi connectivity index (χ2n) is 2.90. The zero-order chi connectivity index (χ0) is 12.1. The largest absolute Gasteiger partial charge is 0.429 e. The van der Waals surface area contributed by atoms with Gasteiger partial charge < -0.3 is 4.74 Å². The van der Waals surface area contributed by atoms with Crippen LogP contribution in [0.1, 0.15) is 0 Å². The second-order valence-corrected chi connectivity index (χ2v) is 2.90. The Hall–Kier alpha value is -2.15. The van der Waals surface area contributed by atoms with Crippen LogP contribution in [0.4, 0.5) is 10.5 Å². The summed E-state index contributed by atoms with van der Waals surface area (Å²) in [4.78, 5) is 21.1. The van der Waals surface area contributed by atoms with Gasteiger partial charge in [-0.05, 0) is 12.1 Å². The van der Waals surface area contributed by atoms with Gasteiger partial charge in [0.05, 0.1) is 4.92 Å². The topological polar surface area (TPSA) is 84.7 Å². The molecule has 0 radical (unpaired) electrons. The van der Waals surface area contributed by atoms with Crippen molar-refractivity contribution in [3.8, 4) is 5.75 Å². The molecule has 7 nitrogen and oxygen atoms in total. The molecule has 16 heavy (non-hydrogen) atoms. The van der Waals surface area contributed by atoms with Crippen LogP contribution in [0.5, 0.6) is 5.75 Å². The average molecular weight is 225 g/mol. The van der Waals surface area contributed by atoms with Crippen molar-refractivity contribution in [2.45, 2.75) is 0 Å². The molecule has 7 heteroatoms. The Morgan fingerprint density at radius 2 is 2.00 bits per heavy atom. The van der Waals surface area contributed by atoms with E-state index in [2.05, 4.69) is 5.43 Å². The lowest BCUT2D eigenvalue weighted by Gasteiger charge is -2.14. The summed E-state index contributed by atoms with van der Waals surface area (Å²) in [5, 5.41) is 11.5. The molecule has 0 unspecified atom stereocenters. The van der Waals surface area contributed by atoms with Gasteiger partial charge in [0.1, 0.15) is 5.75 Å². The molecule has 1 aromatic rings. The van der Waals surface area contributed by atoms with Gasteiger partial charge in [0.25, 0.3) is 5.69 Å². The first kappa shape index (κ1) is 11.9. The van der Waals surface area contributed by atoms with E-state index >= 15 is 0 Å². The quantitative estimate of drug-likeness (QED) is 0.616. The molecule has 0 aliphatic rings. The summed E-state index contributed by atoms with van der Waals surface area (Å²) in [7, 11) is 3.06. The molecule has 0 aliphatic heterocycles. The third kappa shape index (κ3) is 2.92. The van der Waals surface area contributed by atoms with E-state index in [1.807, 2.05) is 0 Å². The van der Waals surface area contributed by atoms with E-state index in [9.17, 15) is 14.9 Å². The highest BCUT2D eigenvalue weighted by Gasteiger charge is 2.10. The molecule has 0 atom stereocenters. The summed E-state index contributed by atoms with van der Waals surface area (Å²) in [6.07, 6.45) is -0.601. The number of nitro benzene ring substituents is 1. The lowest BCUT2D eigenvalue weighted by atomic mass is 10.3. The first-order chi connectivity index (χ1) is 7.54. The predicted molar refractivity (Wildman–Crippen MR) is 55.9 cm³/mol. The van der Waals surface area contributed by atoms with E-state index in [4.69, 9.17) is 4.74 Å². The fourth-order valence-electron chi connectivity index (χ4n) is 0.896. The Labute approximate surface area is 91.7 Å². The maximum absolute atomic E-state index is 11.3. The number of amides is 1. The Balaban J connectivity index is 2.69. The summed E-state index contributed by atoms with van der Waals surface area (Å²) >= 11 is 0. The second kappa shape index (κ2) is 5.08. The van der Waals surface area contributed by atoms with Gasteiger partial charge in [0.2, 0.25) is 0 Å². The molecule has 0 aromatic heterocycles. The minimum Gasteiger partial charge on any atom is -0.409 e. The first-order valence-corrected chi connectivity index (χ1v) is 4.42. The van der Waals surface area contributed by atoms with Crippen LogP contribution in [-0.4, -0.2) is 30.1 Å². The molecule has 1 N–H and O–H groups in total. The molecule has 0 bridgehead atoms. The Morgan fingerprint density at radius 3 is 2.44 bits per heavy atom. The van der Waals surface area contributed by atoms with Crippen molar-refractivity contribution in [1.29, 1.82) is 0 Å². The van der Waals surface area contributed by atoms with E-state index in [1.165, 1.54) is 31.3 Å². The van der Waals surface area contributed by atoms with E-state index in [1.54, 1.807) is 7.05 Å². The molecular weight excluding hydrogens is 214 g/mol. The molecular formula is C9H11N3O4. The van der Waals surface area contributed by atoms with Crippen molar-refractivity contribution in [2.75, 3.05) is 14.1 Å². The number of rotatable bonds is 3. The lowest BCUT2D eigenvalue weighted by Crippen LogP contribution is -2.38. The van der Waals surface area contributed by atoms with Crippen LogP contribution in [0.15, 0.2) is 24.3 Å². The summed E-state index contributed by atoms with van der Waals surface area (Å²) in [6, 6.07) is 5.25. The number of nitro groups is 1. The zero-order valence-electron chi connectivity index (χ0n) is 8.84. The highest BCUT2D eigenvalue weighted by Crippen LogP contribution is 2.17. The van der Waals surface area contributed by atoms with Crippen LogP contribution >= 0.6 is 0 Å². The number of nitrogens with one attached hydrogen (secondary N) is 1. The van der Waals surface area contributed by atoms with Crippen LogP contribution in [0.25, 0.3) is 0 Å². The molecule has 0 saturated heterocycles. The number of benzene rings is 1. The average Bonchev–Trinajstić information content (AvgIpc) is 2.28. The predicted octanol–water partition coefficient (Wildman–Crippen LogP) is 1.16. The van der Waals surface area contributed by atoms with Crippen molar-refractivity contribution in [1.82, 2.24) is 10.4 Å². The number of ether oxygens (including phenoxy) is 1. The molecule has 1 aromatic carbocycles. The molecule has 0 spiro atoms. The van der Waals surface area contributed by atoms with Crippen LogP contribution in [0, 0.1) is 10.1 Å². The van der Waals surface area contributed by atoms with E-state index in [-0.39, 0.29) is 11.4 Å². The van der Waals surface area contributed by atoms with Crippen molar-refractivity contribution in [3.63, 3.8) is 0 Å². The Morgan fingerprint density at radius 1 is 1.44 bits per heavy atom. The van der Waals surface area contributed by atoms with Crippen LogP contribution in [-0.2, 0) is 0 Å². The summed E-state index contributed by atoms with van der Waals surface area (Å²) in [5.41, 5.74) is 2.51. The first-order valence-electron chi connectivity index (χ1n) is 4.42. The van der Waals surface area contributed by atoms with Gasteiger partial charge in [0.15, 0.2) is 0 Å². The van der Waals surface area contributed by atoms with E-state index in [0.29, 0.717) is 0 Å². The highest BCUT2D eigenvalue weighted by atomic mass is 16.6. The summed E-state index contributed by atoms with van der Waals surface area (Å²) < 4.78 is 4.90. The maximum Gasteiger partial charge on any atom is 0.429 e. The van der Waals surface area contributed by atoms with Crippen LogP contribution < -0.4 is 10.2 Å². The number of carbonyl (C=O) groups is 1. The van der Waals surface area contributed by atoms with E-state index in [0.717, 1.165) is 5.01 Å². The van der Waals surface area contributed by atoms with Gasteiger partial charge in [-0.25, -0.2) is 15.2 Å². The minimum atomic E-state index is -0.601.